The Labute approximate surface area is 168 Å². The largest absolute Gasteiger partial charge is 0.298 e. The van der Waals surface area contributed by atoms with Crippen LogP contribution in [0.4, 0.5) is 0 Å². The number of aromatic nitrogens is 2. The van der Waals surface area contributed by atoms with Crippen LogP contribution in [0.2, 0.25) is 0 Å². The SMILES string of the molecule is CC(C)(C)C(=O)CSc1nc2sc3c(c2c(=O)n1C1CCCC1)CCCC3. The number of hydrogen-bond donors (Lipinski definition) is 0. The molecule has 2 aliphatic rings. The van der Waals surface area contributed by atoms with Crippen LogP contribution in [0.1, 0.15) is 75.8 Å². The van der Waals surface area contributed by atoms with Crippen molar-refractivity contribution in [1.29, 1.82) is 0 Å². The lowest BCUT2D eigenvalue weighted by molar-refractivity contribution is -0.123. The van der Waals surface area contributed by atoms with E-state index in [1.807, 2.05) is 25.3 Å². The van der Waals surface area contributed by atoms with Crippen molar-refractivity contribution in [3.63, 3.8) is 0 Å². The molecule has 0 atom stereocenters. The minimum atomic E-state index is -0.363. The summed E-state index contributed by atoms with van der Waals surface area (Å²) in [5.41, 5.74) is 1.03. The van der Waals surface area contributed by atoms with Gasteiger partial charge in [-0.3, -0.25) is 14.2 Å². The Morgan fingerprint density at radius 1 is 1.19 bits per heavy atom. The second-order valence-corrected chi connectivity index (χ2v) is 10.9. The summed E-state index contributed by atoms with van der Waals surface area (Å²) in [6.45, 7) is 5.84. The van der Waals surface area contributed by atoms with Crippen molar-refractivity contribution in [3.05, 3.63) is 20.8 Å². The van der Waals surface area contributed by atoms with Crippen molar-refractivity contribution in [2.24, 2.45) is 5.41 Å². The number of fused-ring (bicyclic) bond motifs is 3. The molecule has 4 rings (SSSR count). The molecule has 0 aromatic carbocycles. The number of thiophene rings is 1. The van der Waals surface area contributed by atoms with E-state index in [1.54, 1.807) is 11.3 Å². The monoisotopic (exact) mass is 404 g/mol. The number of thioether (sulfide) groups is 1. The van der Waals surface area contributed by atoms with E-state index in [9.17, 15) is 9.59 Å². The summed E-state index contributed by atoms with van der Waals surface area (Å²) in [6.07, 6.45) is 8.87. The number of carbonyl (C=O) groups excluding carboxylic acids is 1. The molecule has 2 aromatic rings. The molecule has 0 saturated heterocycles. The molecule has 1 fully saturated rings. The molecule has 0 bridgehead atoms. The second kappa shape index (κ2) is 7.36. The smallest absolute Gasteiger partial charge is 0.263 e. The van der Waals surface area contributed by atoms with E-state index in [1.165, 1.54) is 41.5 Å². The van der Waals surface area contributed by atoms with Crippen molar-refractivity contribution in [3.8, 4) is 0 Å². The van der Waals surface area contributed by atoms with E-state index in [-0.39, 0.29) is 22.8 Å². The Hall–Kier alpha value is -1.14. The van der Waals surface area contributed by atoms with Gasteiger partial charge in [0.1, 0.15) is 10.6 Å². The third-order valence-corrected chi connectivity index (χ3v) is 7.99. The van der Waals surface area contributed by atoms with E-state index in [4.69, 9.17) is 4.98 Å². The van der Waals surface area contributed by atoms with Crippen LogP contribution in [-0.4, -0.2) is 21.1 Å². The van der Waals surface area contributed by atoms with Gasteiger partial charge in [-0.1, -0.05) is 45.4 Å². The summed E-state index contributed by atoms with van der Waals surface area (Å²) in [5.74, 6) is 0.574. The van der Waals surface area contributed by atoms with Gasteiger partial charge in [-0.05, 0) is 44.1 Å². The van der Waals surface area contributed by atoms with E-state index < -0.39 is 0 Å². The summed E-state index contributed by atoms with van der Waals surface area (Å²) in [5, 5.41) is 1.61. The lowest BCUT2D eigenvalue weighted by Gasteiger charge is -2.20. The van der Waals surface area contributed by atoms with E-state index in [2.05, 4.69) is 0 Å². The first-order valence-electron chi connectivity index (χ1n) is 10.1. The highest BCUT2D eigenvalue weighted by Gasteiger charge is 2.28. The summed E-state index contributed by atoms with van der Waals surface area (Å²) >= 11 is 3.15. The summed E-state index contributed by atoms with van der Waals surface area (Å²) in [4.78, 5) is 33.2. The predicted molar refractivity (Wildman–Crippen MR) is 113 cm³/mol. The zero-order valence-electron chi connectivity index (χ0n) is 16.5. The molecular formula is C21H28N2O2S2. The lowest BCUT2D eigenvalue weighted by atomic mass is 9.92. The molecule has 4 nitrogen and oxygen atoms in total. The molecule has 0 N–H and O–H groups in total. The van der Waals surface area contributed by atoms with Gasteiger partial charge in [-0.2, -0.15) is 0 Å². The van der Waals surface area contributed by atoms with Crippen LogP contribution in [-0.2, 0) is 17.6 Å². The van der Waals surface area contributed by atoms with Gasteiger partial charge in [0.05, 0.1) is 11.1 Å². The Morgan fingerprint density at radius 3 is 2.59 bits per heavy atom. The van der Waals surface area contributed by atoms with Gasteiger partial charge in [0.25, 0.3) is 5.56 Å². The van der Waals surface area contributed by atoms with Gasteiger partial charge in [-0.15, -0.1) is 11.3 Å². The number of rotatable bonds is 4. The highest BCUT2D eigenvalue weighted by molar-refractivity contribution is 7.99. The zero-order valence-corrected chi connectivity index (χ0v) is 18.1. The average Bonchev–Trinajstić information content (AvgIpc) is 3.25. The van der Waals surface area contributed by atoms with Crippen molar-refractivity contribution in [1.82, 2.24) is 9.55 Å². The molecule has 0 unspecified atom stereocenters. The molecule has 146 valence electrons. The maximum Gasteiger partial charge on any atom is 0.263 e. The van der Waals surface area contributed by atoms with Crippen LogP contribution in [0.25, 0.3) is 10.2 Å². The highest BCUT2D eigenvalue weighted by atomic mass is 32.2. The standard InChI is InChI=1S/C21H28N2O2S2/c1-21(2,3)16(24)12-26-20-22-18-17(14-10-6-7-11-15(14)27-18)19(25)23(20)13-8-4-5-9-13/h13H,4-12H2,1-3H3. The first-order chi connectivity index (χ1) is 12.9. The molecule has 2 heterocycles. The van der Waals surface area contributed by atoms with Crippen molar-refractivity contribution < 1.29 is 4.79 Å². The zero-order chi connectivity index (χ0) is 19.2. The van der Waals surface area contributed by atoms with Crippen LogP contribution in [0.5, 0.6) is 0 Å². The van der Waals surface area contributed by atoms with Crippen LogP contribution < -0.4 is 5.56 Å². The quantitative estimate of drug-likeness (QED) is 0.522. The summed E-state index contributed by atoms with van der Waals surface area (Å²) in [6, 6.07) is 0.237. The van der Waals surface area contributed by atoms with E-state index in [0.29, 0.717) is 5.75 Å². The van der Waals surface area contributed by atoms with Gasteiger partial charge in [-0.25, -0.2) is 4.98 Å². The Balaban J connectivity index is 1.80. The molecule has 27 heavy (non-hydrogen) atoms. The Morgan fingerprint density at radius 2 is 1.89 bits per heavy atom. The molecule has 0 amide bonds. The molecule has 2 aliphatic carbocycles. The summed E-state index contributed by atoms with van der Waals surface area (Å²) < 4.78 is 1.94. The minimum Gasteiger partial charge on any atom is -0.298 e. The predicted octanol–water partition coefficient (Wildman–Crippen LogP) is 5.16. The van der Waals surface area contributed by atoms with Crippen LogP contribution in [0, 0.1) is 5.41 Å². The Bertz CT molecular complexity index is 930. The molecule has 2 aromatic heterocycles. The fraction of sp³-hybridized carbons (Fsp3) is 0.667. The van der Waals surface area contributed by atoms with Gasteiger partial charge in [0, 0.05) is 16.3 Å². The van der Waals surface area contributed by atoms with E-state index >= 15 is 0 Å². The fourth-order valence-corrected chi connectivity index (χ4v) is 6.66. The maximum atomic E-state index is 13.5. The third-order valence-electron chi connectivity index (χ3n) is 5.85. The van der Waals surface area contributed by atoms with Crippen LogP contribution in [0.3, 0.4) is 0 Å². The lowest BCUT2D eigenvalue weighted by Crippen LogP contribution is -2.28. The van der Waals surface area contributed by atoms with Gasteiger partial charge >= 0.3 is 0 Å². The number of carbonyl (C=O) groups is 1. The van der Waals surface area contributed by atoms with Crippen molar-refractivity contribution in [2.75, 3.05) is 5.75 Å². The van der Waals surface area contributed by atoms with Gasteiger partial charge in [0.15, 0.2) is 5.16 Å². The van der Waals surface area contributed by atoms with Gasteiger partial charge < -0.3 is 0 Å². The molecule has 0 aliphatic heterocycles. The van der Waals surface area contributed by atoms with Crippen molar-refractivity contribution >= 4 is 39.1 Å². The Kier molecular flexibility index (Phi) is 5.23. The average molecular weight is 405 g/mol. The number of Topliss-reactive ketones (excluding diaryl/α,β-unsaturated/α-hetero) is 1. The number of hydrogen-bond acceptors (Lipinski definition) is 5. The van der Waals surface area contributed by atoms with Crippen LogP contribution in [0.15, 0.2) is 9.95 Å². The fourth-order valence-electron chi connectivity index (χ4n) is 4.13. The first-order valence-corrected chi connectivity index (χ1v) is 11.9. The highest BCUT2D eigenvalue weighted by Crippen LogP contribution is 2.37. The molecule has 0 radical (unpaired) electrons. The van der Waals surface area contributed by atoms with Gasteiger partial charge in [0.2, 0.25) is 0 Å². The maximum absolute atomic E-state index is 13.5. The third kappa shape index (κ3) is 3.63. The topological polar surface area (TPSA) is 52.0 Å². The number of ketones is 1. The van der Waals surface area contributed by atoms with E-state index in [0.717, 1.165) is 47.5 Å². The first kappa shape index (κ1) is 19.2. The normalized spacial score (nSPS) is 18.2. The number of aryl methyl sites for hydroxylation is 2. The number of nitrogens with zero attached hydrogens (tertiary/aromatic N) is 2. The second-order valence-electron chi connectivity index (χ2n) is 8.86. The molecular weight excluding hydrogens is 376 g/mol. The van der Waals surface area contributed by atoms with Crippen LogP contribution >= 0.6 is 23.1 Å². The molecule has 0 spiro atoms. The molecule has 1 saturated carbocycles. The summed E-state index contributed by atoms with van der Waals surface area (Å²) in [7, 11) is 0. The van der Waals surface area contributed by atoms with Crippen molar-refractivity contribution in [2.45, 2.75) is 83.3 Å². The molecule has 6 heteroatoms. The minimum absolute atomic E-state index is 0.136.